The van der Waals surface area contributed by atoms with Crippen molar-refractivity contribution in [1.82, 2.24) is 0 Å². The van der Waals surface area contributed by atoms with Crippen molar-refractivity contribution >= 4 is 39.7 Å². The smallest absolute Gasteiger partial charge is 0.360 e. The van der Waals surface area contributed by atoms with Crippen molar-refractivity contribution < 1.29 is 22.2 Å². The number of halogens is 4. The number of benzene rings is 2. The highest BCUT2D eigenvalue weighted by Gasteiger charge is 2.34. The molecule has 9 heteroatoms. The summed E-state index contributed by atoms with van der Waals surface area (Å²) >= 11 is 5.81. The van der Waals surface area contributed by atoms with Gasteiger partial charge in [-0.05, 0) is 42.5 Å². The second kappa shape index (κ2) is 7.13. The summed E-state index contributed by atoms with van der Waals surface area (Å²) < 4.78 is 50.4. The van der Waals surface area contributed by atoms with E-state index in [-0.39, 0.29) is 16.5 Å². The summed E-state index contributed by atoms with van der Waals surface area (Å²) in [6, 6.07) is 11.0. The highest BCUT2D eigenvalue weighted by Crippen LogP contribution is 2.31. The van der Waals surface area contributed by atoms with Crippen LogP contribution < -0.4 is 10.2 Å². The van der Waals surface area contributed by atoms with Crippen LogP contribution in [0.15, 0.2) is 59.6 Å². The Labute approximate surface area is 154 Å². The first-order chi connectivity index (χ1) is 12.3. The molecule has 1 N–H and O–H groups in total. The minimum Gasteiger partial charge on any atom is -0.360 e. The molecule has 4 nitrogen and oxygen atoms in total. The summed E-state index contributed by atoms with van der Waals surface area (Å²) in [7, 11) is -1.60. The minimum atomic E-state index is -4.47. The van der Waals surface area contributed by atoms with E-state index in [1.807, 2.05) is 0 Å². The molecule has 3 rings (SSSR count). The van der Waals surface area contributed by atoms with Gasteiger partial charge >= 0.3 is 6.18 Å². The Hall–Kier alpha value is -2.32. The zero-order valence-electron chi connectivity index (χ0n) is 13.1. The van der Waals surface area contributed by atoms with Gasteiger partial charge in [0.2, 0.25) is 0 Å². The standard InChI is InChI=1S/C17H12ClF3N2O2S/c18-12-4-6-14(7-5-12)23-10-26(25)15(16(23)24)9-22-13-3-1-2-11(8-13)17(19,20)21/h1-9,22H,10H2/b15-9+. The maximum atomic E-state index is 12.7. The highest BCUT2D eigenvalue weighted by molar-refractivity contribution is 7.90. The molecule has 0 bridgehead atoms. The number of nitrogens with zero attached hydrogens (tertiary/aromatic N) is 1. The van der Waals surface area contributed by atoms with Gasteiger partial charge in [-0.1, -0.05) is 17.7 Å². The van der Waals surface area contributed by atoms with E-state index >= 15 is 0 Å². The van der Waals surface area contributed by atoms with Crippen LogP contribution in [0.25, 0.3) is 0 Å². The number of anilines is 2. The van der Waals surface area contributed by atoms with Crippen molar-refractivity contribution in [3.63, 3.8) is 0 Å². The molecule has 1 aliphatic rings. The van der Waals surface area contributed by atoms with Gasteiger partial charge in [0.1, 0.15) is 10.8 Å². The van der Waals surface area contributed by atoms with Crippen LogP contribution in [-0.4, -0.2) is 16.0 Å². The van der Waals surface area contributed by atoms with Crippen LogP contribution in [0, 0.1) is 0 Å². The van der Waals surface area contributed by atoms with E-state index in [9.17, 15) is 22.2 Å². The molecule has 1 atom stereocenters. The second-order valence-electron chi connectivity index (χ2n) is 5.42. The molecule has 2 aromatic carbocycles. The Morgan fingerprint density at radius 1 is 1.15 bits per heavy atom. The van der Waals surface area contributed by atoms with Crippen molar-refractivity contribution in [3.05, 3.63) is 70.2 Å². The molecule has 1 fully saturated rings. The Bertz CT molecular complexity index is 898. The fraction of sp³-hybridized carbons (Fsp3) is 0.118. The van der Waals surface area contributed by atoms with Gasteiger partial charge in [0.05, 0.1) is 16.4 Å². The van der Waals surface area contributed by atoms with Crippen LogP contribution >= 0.6 is 11.6 Å². The predicted molar refractivity (Wildman–Crippen MR) is 95.1 cm³/mol. The third-order valence-electron chi connectivity index (χ3n) is 3.65. The third kappa shape index (κ3) is 3.91. The molecule has 1 unspecified atom stereocenters. The van der Waals surface area contributed by atoms with E-state index in [4.69, 9.17) is 11.6 Å². The molecule has 136 valence electrons. The molecule has 1 saturated heterocycles. The lowest BCUT2D eigenvalue weighted by Crippen LogP contribution is -2.24. The molecule has 1 heterocycles. The Balaban J connectivity index is 1.80. The molecule has 0 saturated carbocycles. The largest absolute Gasteiger partial charge is 0.416 e. The number of nitrogens with one attached hydrogen (secondary N) is 1. The van der Waals surface area contributed by atoms with Crippen molar-refractivity contribution in [2.75, 3.05) is 16.1 Å². The summed E-state index contributed by atoms with van der Waals surface area (Å²) in [5.41, 5.74) is -0.139. The number of hydrogen-bond acceptors (Lipinski definition) is 3. The van der Waals surface area contributed by atoms with Gasteiger partial charge in [-0.3, -0.25) is 13.9 Å². The van der Waals surface area contributed by atoms with Crippen LogP contribution in [0.2, 0.25) is 5.02 Å². The fourth-order valence-corrected chi connectivity index (χ4v) is 3.61. The number of carbonyl (C=O) groups excluding carboxylic acids is 1. The Kier molecular flexibility index (Phi) is 5.06. The minimum absolute atomic E-state index is 0.0163. The van der Waals surface area contributed by atoms with Gasteiger partial charge in [-0.25, -0.2) is 0 Å². The Morgan fingerprint density at radius 3 is 2.50 bits per heavy atom. The van der Waals surface area contributed by atoms with E-state index < -0.39 is 28.4 Å². The van der Waals surface area contributed by atoms with E-state index in [0.29, 0.717) is 10.7 Å². The summed E-state index contributed by atoms with van der Waals surface area (Å²) in [4.78, 5) is 13.8. The number of carbonyl (C=O) groups is 1. The van der Waals surface area contributed by atoms with E-state index in [1.54, 1.807) is 24.3 Å². The van der Waals surface area contributed by atoms with E-state index in [1.165, 1.54) is 23.2 Å². The summed E-state index contributed by atoms with van der Waals surface area (Å²) in [6.07, 6.45) is -3.29. The lowest BCUT2D eigenvalue weighted by Gasteiger charge is -2.13. The lowest BCUT2D eigenvalue weighted by molar-refractivity contribution is -0.137. The topological polar surface area (TPSA) is 49.4 Å². The molecule has 0 radical (unpaired) electrons. The van der Waals surface area contributed by atoms with E-state index in [2.05, 4.69) is 5.32 Å². The second-order valence-corrected chi connectivity index (χ2v) is 7.24. The highest BCUT2D eigenvalue weighted by atomic mass is 35.5. The molecule has 0 aromatic heterocycles. The number of alkyl halides is 3. The molecule has 1 aliphatic heterocycles. The summed E-state index contributed by atoms with van der Waals surface area (Å²) in [5.74, 6) is -0.513. The summed E-state index contributed by atoms with van der Waals surface area (Å²) in [5, 5.41) is 3.12. The molecule has 1 amide bonds. The van der Waals surface area contributed by atoms with Gasteiger partial charge < -0.3 is 5.32 Å². The van der Waals surface area contributed by atoms with Crippen molar-refractivity contribution in [2.24, 2.45) is 0 Å². The molecular weight excluding hydrogens is 389 g/mol. The van der Waals surface area contributed by atoms with Gasteiger partial charge in [0.15, 0.2) is 0 Å². The van der Waals surface area contributed by atoms with Crippen molar-refractivity contribution in [2.45, 2.75) is 6.18 Å². The number of hydrogen-bond donors (Lipinski definition) is 1. The van der Waals surface area contributed by atoms with Gasteiger partial charge in [0.25, 0.3) is 5.91 Å². The zero-order chi connectivity index (χ0) is 18.9. The van der Waals surface area contributed by atoms with Crippen molar-refractivity contribution in [1.29, 1.82) is 0 Å². The predicted octanol–water partition coefficient (Wildman–Crippen LogP) is 4.37. The molecular formula is C17H12ClF3N2O2S. The first-order valence-electron chi connectivity index (χ1n) is 7.35. The van der Waals surface area contributed by atoms with Crippen LogP contribution in [0.1, 0.15) is 5.56 Å². The molecule has 2 aromatic rings. The first kappa shape index (κ1) is 18.5. The SMILES string of the molecule is O=C1/C(=C\Nc2cccc(C(F)(F)F)c2)S(=O)CN1c1ccc(Cl)cc1. The van der Waals surface area contributed by atoms with Crippen LogP contribution in [0.4, 0.5) is 24.5 Å². The molecule has 0 aliphatic carbocycles. The molecule has 0 spiro atoms. The fourth-order valence-electron chi connectivity index (χ4n) is 2.35. The number of amides is 1. The average Bonchev–Trinajstić information content (AvgIpc) is 2.87. The number of rotatable bonds is 3. The van der Waals surface area contributed by atoms with Crippen LogP contribution in [0.5, 0.6) is 0 Å². The van der Waals surface area contributed by atoms with Crippen LogP contribution in [0.3, 0.4) is 0 Å². The summed E-state index contributed by atoms with van der Waals surface area (Å²) in [6.45, 7) is 0. The average molecular weight is 401 g/mol. The maximum absolute atomic E-state index is 12.7. The first-order valence-corrected chi connectivity index (χ1v) is 9.05. The maximum Gasteiger partial charge on any atom is 0.416 e. The zero-order valence-corrected chi connectivity index (χ0v) is 14.7. The van der Waals surface area contributed by atoms with Crippen molar-refractivity contribution in [3.8, 4) is 0 Å². The van der Waals surface area contributed by atoms with Gasteiger partial charge in [-0.15, -0.1) is 0 Å². The third-order valence-corrected chi connectivity index (χ3v) is 5.17. The Morgan fingerprint density at radius 2 is 1.85 bits per heavy atom. The van der Waals surface area contributed by atoms with Gasteiger partial charge in [-0.2, -0.15) is 13.2 Å². The lowest BCUT2D eigenvalue weighted by atomic mass is 10.2. The normalized spacial score (nSPS) is 19.2. The molecule has 26 heavy (non-hydrogen) atoms. The monoisotopic (exact) mass is 400 g/mol. The quantitative estimate of drug-likeness (QED) is 0.778. The van der Waals surface area contributed by atoms with Gasteiger partial charge in [0, 0.05) is 22.6 Å². The van der Waals surface area contributed by atoms with E-state index in [0.717, 1.165) is 12.1 Å². The van der Waals surface area contributed by atoms with Crippen LogP contribution in [-0.2, 0) is 21.8 Å².